The first-order valence-corrected chi connectivity index (χ1v) is 9.06. The van der Waals surface area contributed by atoms with Crippen molar-refractivity contribution in [2.75, 3.05) is 7.11 Å². The van der Waals surface area contributed by atoms with Crippen molar-refractivity contribution in [1.82, 2.24) is 5.32 Å². The van der Waals surface area contributed by atoms with Crippen molar-refractivity contribution < 1.29 is 22.7 Å². The number of methoxy groups -OCH3 is 1. The Morgan fingerprint density at radius 2 is 1.60 bits per heavy atom. The predicted molar refractivity (Wildman–Crippen MR) is 108 cm³/mol. The Labute approximate surface area is 172 Å². The zero-order valence-electron chi connectivity index (χ0n) is 16.1. The SMILES string of the molecule is COc1ccc(CNC(=O)c2ccccc2C#Cc2ccc(C(F)(F)F)cc2)cc1. The quantitative estimate of drug-likeness (QED) is 0.613. The molecule has 3 nitrogen and oxygen atoms in total. The molecule has 0 aliphatic heterocycles. The summed E-state index contributed by atoms with van der Waals surface area (Å²) < 4.78 is 43.1. The molecule has 3 aromatic rings. The van der Waals surface area contributed by atoms with Crippen molar-refractivity contribution >= 4 is 5.91 Å². The van der Waals surface area contributed by atoms with Crippen LogP contribution in [0.4, 0.5) is 13.2 Å². The Balaban J connectivity index is 1.72. The Hall–Kier alpha value is -3.72. The van der Waals surface area contributed by atoms with Crippen molar-refractivity contribution in [3.05, 3.63) is 101 Å². The summed E-state index contributed by atoms with van der Waals surface area (Å²) in [6.07, 6.45) is -4.39. The standard InChI is InChI=1S/C24H18F3NO2/c1-30-21-14-9-18(10-15-21)16-28-23(29)22-5-3-2-4-19(22)11-6-17-7-12-20(13-8-17)24(25,26)27/h2-5,7-10,12-15H,16H2,1H3,(H,28,29). The minimum Gasteiger partial charge on any atom is -0.497 e. The van der Waals surface area contributed by atoms with E-state index in [1.807, 2.05) is 24.3 Å². The molecular weight excluding hydrogens is 391 g/mol. The third kappa shape index (κ3) is 5.42. The molecule has 3 aromatic carbocycles. The summed E-state index contributed by atoms with van der Waals surface area (Å²) in [6, 6.07) is 18.7. The summed E-state index contributed by atoms with van der Waals surface area (Å²) in [5, 5.41) is 2.84. The maximum absolute atomic E-state index is 12.7. The molecule has 0 aromatic heterocycles. The maximum Gasteiger partial charge on any atom is 0.416 e. The molecule has 0 unspecified atom stereocenters. The van der Waals surface area contributed by atoms with Gasteiger partial charge in [0, 0.05) is 17.7 Å². The molecule has 3 rings (SSSR count). The van der Waals surface area contributed by atoms with Crippen LogP contribution in [0.25, 0.3) is 0 Å². The molecule has 0 saturated heterocycles. The van der Waals surface area contributed by atoms with Gasteiger partial charge in [-0.05, 0) is 54.1 Å². The van der Waals surface area contributed by atoms with Gasteiger partial charge < -0.3 is 10.1 Å². The van der Waals surface area contributed by atoms with E-state index in [-0.39, 0.29) is 5.91 Å². The Morgan fingerprint density at radius 3 is 2.23 bits per heavy atom. The number of rotatable bonds is 4. The fraction of sp³-hybridized carbons (Fsp3) is 0.125. The number of hydrogen-bond acceptors (Lipinski definition) is 2. The van der Waals surface area contributed by atoms with Crippen LogP contribution in [0.1, 0.15) is 32.6 Å². The van der Waals surface area contributed by atoms with Crippen LogP contribution < -0.4 is 10.1 Å². The highest BCUT2D eigenvalue weighted by atomic mass is 19.4. The van der Waals surface area contributed by atoms with E-state index in [9.17, 15) is 18.0 Å². The predicted octanol–water partition coefficient (Wildman–Crippen LogP) is 5.04. The highest BCUT2D eigenvalue weighted by Gasteiger charge is 2.29. The average Bonchev–Trinajstić information content (AvgIpc) is 2.76. The molecule has 0 radical (unpaired) electrons. The van der Waals surface area contributed by atoms with Crippen LogP contribution in [-0.2, 0) is 12.7 Å². The molecule has 152 valence electrons. The number of ether oxygens (including phenoxy) is 1. The van der Waals surface area contributed by atoms with Crippen LogP contribution in [0, 0.1) is 11.8 Å². The molecule has 0 heterocycles. The van der Waals surface area contributed by atoms with Gasteiger partial charge in [-0.15, -0.1) is 0 Å². The number of carbonyl (C=O) groups excluding carboxylic acids is 1. The van der Waals surface area contributed by atoms with Crippen LogP contribution in [-0.4, -0.2) is 13.0 Å². The molecular formula is C24H18F3NO2. The van der Waals surface area contributed by atoms with Crippen LogP contribution in [0.15, 0.2) is 72.8 Å². The van der Waals surface area contributed by atoms with E-state index in [0.29, 0.717) is 23.2 Å². The van der Waals surface area contributed by atoms with Crippen molar-refractivity contribution in [2.24, 2.45) is 0 Å². The molecule has 0 saturated carbocycles. The van der Waals surface area contributed by atoms with Gasteiger partial charge in [-0.25, -0.2) is 0 Å². The molecule has 0 fully saturated rings. The van der Waals surface area contributed by atoms with Gasteiger partial charge in [0.2, 0.25) is 0 Å². The van der Waals surface area contributed by atoms with Gasteiger partial charge in [0.1, 0.15) is 5.75 Å². The molecule has 0 aliphatic rings. The average molecular weight is 409 g/mol. The largest absolute Gasteiger partial charge is 0.497 e. The normalized spacial score (nSPS) is 10.7. The summed E-state index contributed by atoms with van der Waals surface area (Å²) in [6.45, 7) is 0.337. The van der Waals surface area contributed by atoms with Crippen LogP contribution in [0.2, 0.25) is 0 Å². The highest BCUT2D eigenvalue weighted by Crippen LogP contribution is 2.29. The van der Waals surface area contributed by atoms with E-state index in [0.717, 1.165) is 23.4 Å². The van der Waals surface area contributed by atoms with E-state index in [2.05, 4.69) is 17.2 Å². The van der Waals surface area contributed by atoms with Crippen LogP contribution in [0.5, 0.6) is 5.75 Å². The van der Waals surface area contributed by atoms with Crippen molar-refractivity contribution in [3.63, 3.8) is 0 Å². The lowest BCUT2D eigenvalue weighted by Crippen LogP contribution is -2.23. The molecule has 1 N–H and O–H groups in total. The first-order valence-electron chi connectivity index (χ1n) is 9.06. The summed E-state index contributed by atoms with van der Waals surface area (Å²) >= 11 is 0. The maximum atomic E-state index is 12.7. The van der Waals surface area contributed by atoms with Gasteiger partial charge in [-0.1, -0.05) is 36.1 Å². The molecule has 0 aliphatic carbocycles. The molecule has 0 spiro atoms. The van der Waals surface area contributed by atoms with Gasteiger partial charge >= 0.3 is 6.18 Å². The van der Waals surface area contributed by atoms with E-state index in [4.69, 9.17) is 4.74 Å². The number of carbonyl (C=O) groups is 1. The van der Waals surface area contributed by atoms with E-state index >= 15 is 0 Å². The Kier molecular flexibility index (Phi) is 6.43. The molecule has 0 bridgehead atoms. The van der Waals surface area contributed by atoms with Crippen molar-refractivity contribution in [3.8, 4) is 17.6 Å². The molecule has 30 heavy (non-hydrogen) atoms. The van der Waals surface area contributed by atoms with Crippen LogP contribution >= 0.6 is 0 Å². The van der Waals surface area contributed by atoms with Gasteiger partial charge in [0.05, 0.1) is 18.2 Å². The summed E-state index contributed by atoms with van der Waals surface area (Å²) in [5.41, 5.74) is 1.50. The second kappa shape index (κ2) is 9.19. The third-order valence-corrected chi connectivity index (χ3v) is 4.34. The van der Waals surface area contributed by atoms with E-state index < -0.39 is 11.7 Å². The number of hydrogen-bond donors (Lipinski definition) is 1. The Bertz CT molecular complexity index is 1080. The monoisotopic (exact) mass is 409 g/mol. The zero-order chi connectivity index (χ0) is 21.6. The van der Waals surface area contributed by atoms with Crippen molar-refractivity contribution in [1.29, 1.82) is 0 Å². The number of nitrogens with one attached hydrogen (secondary N) is 1. The first-order chi connectivity index (χ1) is 14.4. The Morgan fingerprint density at radius 1 is 0.933 bits per heavy atom. The summed E-state index contributed by atoms with van der Waals surface area (Å²) in [7, 11) is 1.58. The number of alkyl halides is 3. The highest BCUT2D eigenvalue weighted by molar-refractivity contribution is 5.96. The second-order valence-corrected chi connectivity index (χ2v) is 6.40. The van der Waals surface area contributed by atoms with Gasteiger partial charge in [0.25, 0.3) is 5.91 Å². The summed E-state index contributed by atoms with van der Waals surface area (Å²) in [5.74, 6) is 6.13. The van der Waals surface area contributed by atoms with Gasteiger partial charge in [0.15, 0.2) is 0 Å². The first kappa shape index (κ1) is 21.0. The minimum absolute atomic E-state index is 0.289. The fourth-order valence-corrected chi connectivity index (χ4v) is 2.69. The topological polar surface area (TPSA) is 38.3 Å². The number of halogens is 3. The van der Waals surface area contributed by atoms with Gasteiger partial charge in [-0.3, -0.25) is 4.79 Å². The smallest absolute Gasteiger partial charge is 0.416 e. The lowest BCUT2D eigenvalue weighted by atomic mass is 10.1. The zero-order valence-corrected chi connectivity index (χ0v) is 16.1. The van der Waals surface area contributed by atoms with E-state index in [1.54, 1.807) is 31.4 Å². The third-order valence-electron chi connectivity index (χ3n) is 4.34. The number of benzene rings is 3. The second-order valence-electron chi connectivity index (χ2n) is 6.40. The lowest BCUT2D eigenvalue weighted by molar-refractivity contribution is -0.137. The summed E-state index contributed by atoms with van der Waals surface area (Å²) in [4.78, 5) is 12.6. The van der Waals surface area contributed by atoms with Crippen molar-refractivity contribution in [2.45, 2.75) is 12.7 Å². The van der Waals surface area contributed by atoms with E-state index in [1.165, 1.54) is 12.1 Å². The van der Waals surface area contributed by atoms with Crippen LogP contribution in [0.3, 0.4) is 0 Å². The minimum atomic E-state index is -4.39. The molecule has 6 heteroatoms. The fourth-order valence-electron chi connectivity index (χ4n) is 2.69. The molecule has 1 amide bonds. The number of amides is 1. The van der Waals surface area contributed by atoms with Gasteiger partial charge in [-0.2, -0.15) is 13.2 Å². The molecule has 0 atom stereocenters. The lowest BCUT2D eigenvalue weighted by Gasteiger charge is -2.08.